The summed E-state index contributed by atoms with van der Waals surface area (Å²) in [5, 5.41) is 0. The Morgan fingerprint density at radius 1 is 0.970 bits per heavy atom. The van der Waals surface area contributed by atoms with Gasteiger partial charge in [-0.3, -0.25) is 9.10 Å². The number of amides is 1. The van der Waals surface area contributed by atoms with E-state index in [0.717, 1.165) is 29.7 Å². The van der Waals surface area contributed by atoms with Crippen LogP contribution in [0.25, 0.3) is 0 Å². The SMILES string of the molecule is COc1ccc(C2CCCN2C(=O)c2cccc(S(=O)(=O)N3CCc4ccccc43)c2)cc1. The number of carbonyl (C=O) groups excluding carboxylic acids is 1. The second-order valence-electron chi connectivity index (χ2n) is 8.41. The molecular weight excluding hydrogens is 436 g/mol. The number of para-hydroxylation sites is 1. The normalized spacial score (nSPS) is 17.8. The number of benzene rings is 3. The minimum atomic E-state index is -3.76. The summed E-state index contributed by atoms with van der Waals surface area (Å²) in [5.74, 6) is 0.628. The molecule has 2 heterocycles. The quantitative estimate of drug-likeness (QED) is 0.563. The van der Waals surface area contributed by atoms with E-state index in [4.69, 9.17) is 4.74 Å². The van der Waals surface area contributed by atoms with E-state index in [0.29, 0.717) is 30.8 Å². The molecule has 0 aromatic heterocycles. The Bertz CT molecular complexity index is 1290. The smallest absolute Gasteiger partial charge is 0.264 e. The van der Waals surface area contributed by atoms with E-state index in [1.165, 1.54) is 10.4 Å². The third-order valence-corrected chi connectivity index (χ3v) is 8.34. The molecule has 7 heteroatoms. The summed E-state index contributed by atoms with van der Waals surface area (Å²) in [4.78, 5) is 15.4. The Balaban J connectivity index is 1.42. The van der Waals surface area contributed by atoms with E-state index >= 15 is 0 Å². The van der Waals surface area contributed by atoms with Gasteiger partial charge in [0.25, 0.3) is 15.9 Å². The fraction of sp³-hybridized carbons (Fsp3) is 0.269. The molecule has 0 radical (unpaired) electrons. The lowest BCUT2D eigenvalue weighted by molar-refractivity contribution is 0.0735. The second-order valence-corrected chi connectivity index (χ2v) is 10.3. The first kappa shape index (κ1) is 21.5. The summed E-state index contributed by atoms with van der Waals surface area (Å²) in [5.41, 5.74) is 3.18. The van der Waals surface area contributed by atoms with E-state index in [2.05, 4.69) is 0 Å². The van der Waals surface area contributed by atoms with Crippen LogP contribution >= 0.6 is 0 Å². The predicted octanol–water partition coefficient (Wildman–Crippen LogP) is 4.42. The molecule has 1 atom stereocenters. The summed E-state index contributed by atoms with van der Waals surface area (Å²) in [6, 6.07) is 21.7. The lowest BCUT2D eigenvalue weighted by atomic mass is 10.0. The van der Waals surface area contributed by atoms with Gasteiger partial charge in [-0.2, -0.15) is 0 Å². The number of methoxy groups -OCH3 is 1. The Hall–Kier alpha value is -3.32. The number of nitrogens with zero attached hydrogens (tertiary/aromatic N) is 2. The van der Waals surface area contributed by atoms with Gasteiger partial charge in [-0.25, -0.2) is 8.42 Å². The Kier molecular flexibility index (Phi) is 5.58. The van der Waals surface area contributed by atoms with Crippen LogP contribution in [0.5, 0.6) is 5.75 Å². The summed E-state index contributed by atoms with van der Waals surface area (Å²) < 4.78 is 33.5. The minimum absolute atomic E-state index is 0.0332. The van der Waals surface area contributed by atoms with E-state index in [-0.39, 0.29) is 16.8 Å². The molecule has 0 bridgehead atoms. The molecule has 1 amide bonds. The number of hydrogen-bond acceptors (Lipinski definition) is 4. The largest absolute Gasteiger partial charge is 0.497 e. The summed E-state index contributed by atoms with van der Waals surface area (Å²) >= 11 is 0. The van der Waals surface area contributed by atoms with Crippen molar-refractivity contribution in [2.45, 2.75) is 30.2 Å². The van der Waals surface area contributed by atoms with Gasteiger partial charge < -0.3 is 9.64 Å². The van der Waals surface area contributed by atoms with Gasteiger partial charge in [0.1, 0.15) is 5.75 Å². The van der Waals surface area contributed by atoms with Crippen LogP contribution in [0.3, 0.4) is 0 Å². The van der Waals surface area contributed by atoms with Crippen LogP contribution in [0, 0.1) is 0 Å². The number of carbonyl (C=O) groups is 1. The molecule has 2 aliphatic rings. The van der Waals surface area contributed by atoms with E-state index in [1.807, 2.05) is 53.4 Å². The van der Waals surface area contributed by atoms with E-state index in [1.54, 1.807) is 25.3 Å². The third kappa shape index (κ3) is 3.86. The highest BCUT2D eigenvalue weighted by molar-refractivity contribution is 7.92. The fourth-order valence-corrected chi connectivity index (χ4v) is 6.37. The molecule has 0 saturated carbocycles. The molecule has 3 aromatic carbocycles. The lowest BCUT2D eigenvalue weighted by Gasteiger charge is -2.26. The molecular formula is C26H26N2O4S. The number of hydrogen-bond donors (Lipinski definition) is 0. The molecule has 1 unspecified atom stereocenters. The number of rotatable bonds is 5. The van der Waals surface area contributed by atoms with Crippen LogP contribution in [0.1, 0.15) is 40.4 Å². The van der Waals surface area contributed by atoms with Crippen LogP contribution in [0.2, 0.25) is 0 Å². The van der Waals surface area contributed by atoms with Gasteiger partial charge in [0.05, 0.1) is 23.7 Å². The first-order valence-electron chi connectivity index (χ1n) is 11.1. The van der Waals surface area contributed by atoms with Crippen molar-refractivity contribution in [1.29, 1.82) is 0 Å². The average Bonchev–Trinajstić information content (AvgIpc) is 3.51. The maximum atomic E-state index is 13.4. The molecule has 3 aromatic rings. The molecule has 5 rings (SSSR count). The molecule has 1 fully saturated rings. The summed E-state index contributed by atoms with van der Waals surface area (Å²) in [6.45, 7) is 1.05. The molecule has 33 heavy (non-hydrogen) atoms. The van der Waals surface area contributed by atoms with Gasteiger partial charge in [-0.05, 0) is 66.8 Å². The summed E-state index contributed by atoms with van der Waals surface area (Å²) in [6.07, 6.45) is 2.47. The van der Waals surface area contributed by atoms with Crippen LogP contribution < -0.4 is 9.04 Å². The van der Waals surface area contributed by atoms with Crippen LogP contribution in [0.4, 0.5) is 5.69 Å². The van der Waals surface area contributed by atoms with Crippen molar-refractivity contribution in [3.63, 3.8) is 0 Å². The molecule has 0 spiro atoms. The topological polar surface area (TPSA) is 66.9 Å². The zero-order valence-electron chi connectivity index (χ0n) is 18.5. The highest BCUT2D eigenvalue weighted by Crippen LogP contribution is 2.35. The minimum Gasteiger partial charge on any atom is -0.497 e. The van der Waals surface area contributed by atoms with Crippen molar-refractivity contribution < 1.29 is 17.9 Å². The number of sulfonamides is 1. The monoisotopic (exact) mass is 462 g/mol. The first-order chi connectivity index (χ1) is 16.0. The number of ether oxygens (including phenoxy) is 1. The van der Waals surface area contributed by atoms with Gasteiger partial charge in [0, 0.05) is 18.7 Å². The number of fused-ring (bicyclic) bond motifs is 1. The van der Waals surface area contributed by atoms with Crippen LogP contribution in [-0.4, -0.2) is 39.4 Å². The highest BCUT2D eigenvalue weighted by Gasteiger charge is 2.33. The molecule has 0 N–H and O–H groups in total. The lowest BCUT2D eigenvalue weighted by Crippen LogP contribution is -2.31. The first-order valence-corrected chi connectivity index (χ1v) is 12.6. The van der Waals surface area contributed by atoms with Crippen molar-refractivity contribution in [2.24, 2.45) is 0 Å². The average molecular weight is 463 g/mol. The van der Waals surface area contributed by atoms with Gasteiger partial charge in [0.15, 0.2) is 0 Å². The maximum Gasteiger partial charge on any atom is 0.264 e. The summed E-state index contributed by atoms with van der Waals surface area (Å²) in [7, 11) is -2.13. The van der Waals surface area contributed by atoms with Gasteiger partial charge in [0.2, 0.25) is 0 Å². The Morgan fingerprint density at radius 3 is 2.55 bits per heavy atom. The fourth-order valence-electron chi connectivity index (χ4n) is 4.82. The van der Waals surface area contributed by atoms with Gasteiger partial charge in [-0.1, -0.05) is 36.4 Å². The van der Waals surface area contributed by atoms with Gasteiger partial charge in [-0.15, -0.1) is 0 Å². The maximum absolute atomic E-state index is 13.4. The molecule has 2 aliphatic heterocycles. The second kappa shape index (κ2) is 8.56. The van der Waals surface area contributed by atoms with Crippen molar-refractivity contribution in [3.8, 4) is 5.75 Å². The third-order valence-electron chi connectivity index (χ3n) is 6.53. The van der Waals surface area contributed by atoms with Gasteiger partial charge >= 0.3 is 0 Å². The molecule has 0 aliphatic carbocycles. The van der Waals surface area contributed by atoms with Crippen molar-refractivity contribution in [3.05, 3.63) is 89.5 Å². The van der Waals surface area contributed by atoms with Crippen LogP contribution in [0.15, 0.2) is 77.7 Å². The molecule has 170 valence electrons. The molecule has 1 saturated heterocycles. The standard InChI is InChI=1S/C26H26N2O4S/c1-32-22-13-11-20(12-14-22)24-10-5-16-27(24)26(29)21-7-4-8-23(18-21)33(30,31)28-17-15-19-6-2-3-9-25(19)28/h2-4,6-9,11-14,18,24H,5,10,15-17H2,1H3. The van der Waals surface area contributed by atoms with Crippen molar-refractivity contribution >= 4 is 21.6 Å². The van der Waals surface area contributed by atoms with Crippen LogP contribution in [-0.2, 0) is 16.4 Å². The number of anilines is 1. The molecule has 6 nitrogen and oxygen atoms in total. The Labute approximate surface area is 194 Å². The highest BCUT2D eigenvalue weighted by atomic mass is 32.2. The van der Waals surface area contributed by atoms with E-state index < -0.39 is 10.0 Å². The van der Waals surface area contributed by atoms with E-state index in [9.17, 15) is 13.2 Å². The predicted molar refractivity (Wildman–Crippen MR) is 127 cm³/mol. The zero-order valence-corrected chi connectivity index (χ0v) is 19.3. The van der Waals surface area contributed by atoms with Crippen molar-refractivity contribution in [2.75, 3.05) is 24.5 Å². The van der Waals surface area contributed by atoms with Crippen molar-refractivity contribution in [1.82, 2.24) is 4.90 Å². The zero-order chi connectivity index (χ0) is 23.0. The number of likely N-dealkylation sites (tertiary alicyclic amines) is 1. The Morgan fingerprint density at radius 2 is 1.76 bits per heavy atom.